The molecule has 0 saturated carbocycles. The maximum atomic E-state index is 13.7. The second-order valence-electron chi connectivity index (χ2n) is 6.28. The first-order valence-corrected chi connectivity index (χ1v) is 9.56. The van der Waals surface area contributed by atoms with Gasteiger partial charge in [-0.2, -0.15) is 0 Å². The van der Waals surface area contributed by atoms with E-state index in [1.807, 2.05) is 0 Å². The fourth-order valence-corrected chi connectivity index (χ4v) is 4.54. The van der Waals surface area contributed by atoms with Gasteiger partial charge in [0.25, 0.3) is 0 Å². The Morgan fingerprint density at radius 3 is 2.24 bits per heavy atom. The van der Waals surface area contributed by atoms with Gasteiger partial charge in [0.1, 0.15) is 17.5 Å². The molecule has 0 amide bonds. The zero-order valence-corrected chi connectivity index (χ0v) is 14.6. The topological polar surface area (TPSA) is 20.3 Å². The minimum Gasteiger partial charge on any atom is -0.303 e. The summed E-state index contributed by atoms with van der Waals surface area (Å²) in [6.45, 7) is 2.28. The lowest BCUT2D eigenvalue weighted by Crippen LogP contribution is -2.38. The molecule has 0 aromatic heterocycles. The van der Waals surface area contributed by atoms with E-state index in [4.69, 9.17) is 0 Å². The van der Waals surface area contributed by atoms with Crippen molar-refractivity contribution in [1.82, 2.24) is 4.90 Å². The number of nitrogens with zero attached hydrogens (tertiary/aromatic N) is 1. The van der Waals surface area contributed by atoms with E-state index in [1.165, 1.54) is 24.3 Å². The molecule has 3 rings (SSSR count). The van der Waals surface area contributed by atoms with Crippen molar-refractivity contribution < 1.29 is 17.4 Å². The van der Waals surface area contributed by atoms with Crippen LogP contribution in [0.5, 0.6) is 0 Å². The molecule has 0 spiro atoms. The molecule has 134 valence electrons. The van der Waals surface area contributed by atoms with E-state index >= 15 is 0 Å². The molecule has 0 bridgehead atoms. The smallest absolute Gasteiger partial charge is 0.129 e. The normalized spacial score (nSPS) is 17.6. The Morgan fingerprint density at radius 1 is 0.960 bits per heavy atom. The maximum absolute atomic E-state index is 13.7. The molecule has 1 unspecified atom stereocenters. The third kappa shape index (κ3) is 4.70. The van der Waals surface area contributed by atoms with Gasteiger partial charge in [0.15, 0.2) is 0 Å². The largest absolute Gasteiger partial charge is 0.303 e. The van der Waals surface area contributed by atoms with Crippen LogP contribution < -0.4 is 0 Å². The van der Waals surface area contributed by atoms with Crippen LogP contribution in [-0.4, -0.2) is 34.0 Å². The maximum Gasteiger partial charge on any atom is 0.129 e. The van der Waals surface area contributed by atoms with E-state index < -0.39 is 22.4 Å². The number of benzene rings is 2. The Morgan fingerprint density at radius 2 is 1.60 bits per heavy atom. The highest BCUT2D eigenvalue weighted by atomic mass is 32.2. The predicted octanol–water partition coefficient (Wildman–Crippen LogP) is 3.92. The molecule has 2 aromatic rings. The monoisotopic (exact) mass is 366 g/mol. The summed E-state index contributed by atoms with van der Waals surface area (Å²) in [4.78, 5) is 2.87. The summed E-state index contributed by atoms with van der Waals surface area (Å²) in [5, 5.41) is 0.0595. The second kappa shape index (κ2) is 8.15. The molecule has 2 aromatic carbocycles. The quantitative estimate of drug-likeness (QED) is 0.799. The minimum atomic E-state index is -1.13. The number of hydrogen-bond acceptors (Lipinski definition) is 2. The third-order valence-electron chi connectivity index (χ3n) is 4.60. The van der Waals surface area contributed by atoms with Gasteiger partial charge in [-0.1, -0.05) is 6.07 Å². The zero-order chi connectivity index (χ0) is 17.8. The number of piperidine rings is 1. The molecule has 1 fully saturated rings. The van der Waals surface area contributed by atoms with E-state index in [-0.39, 0.29) is 11.1 Å². The number of likely N-dealkylation sites (tertiary alicyclic amines) is 1. The first kappa shape index (κ1) is 18.1. The highest BCUT2D eigenvalue weighted by molar-refractivity contribution is 7.85. The van der Waals surface area contributed by atoms with Gasteiger partial charge in [-0.15, -0.1) is 0 Å². The van der Waals surface area contributed by atoms with Crippen LogP contribution >= 0.6 is 0 Å². The third-order valence-corrected chi connectivity index (χ3v) is 6.41. The minimum absolute atomic E-state index is 0.0595. The van der Waals surface area contributed by atoms with Crippen molar-refractivity contribution in [1.29, 1.82) is 0 Å². The van der Waals surface area contributed by atoms with Gasteiger partial charge in [0.2, 0.25) is 0 Å². The van der Waals surface area contributed by atoms with Gasteiger partial charge in [-0.05, 0) is 68.2 Å². The van der Waals surface area contributed by atoms with Crippen LogP contribution in [0, 0.1) is 17.5 Å². The lowest BCUT2D eigenvalue weighted by molar-refractivity contribution is 0.233. The highest BCUT2D eigenvalue weighted by Gasteiger charge is 2.24. The van der Waals surface area contributed by atoms with Crippen molar-refractivity contribution >= 4 is 10.8 Å². The number of hydrogen-bond donors (Lipinski definition) is 0. The van der Waals surface area contributed by atoms with Gasteiger partial charge >= 0.3 is 0 Å². The molecule has 6 heteroatoms. The molecule has 25 heavy (non-hydrogen) atoms. The molecule has 1 atom stereocenters. The highest BCUT2D eigenvalue weighted by Crippen LogP contribution is 2.22. The molecular weight excluding hydrogens is 346 g/mol. The van der Waals surface area contributed by atoms with Crippen LogP contribution in [0.4, 0.5) is 13.2 Å². The molecule has 1 heterocycles. The molecular formula is C19H20F3NOS. The molecule has 0 aliphatic carbocycles. The summed E-state index contributed by atoms with van der Waals surface area (Å²) in [6.07, 6.45) is 2.10. The summed E-state index contributed by atoms with van der Waals surface area (Å²) in [5.74, 6) is -1.40. The lowest BCUT2D eigenvalue weighted by atomic mass is 10.1. The Bertz CT molecular complexity index is 743. The summed E-state index contributed by atoms with van der Waals surface area (Å²) < 4.78 is 52.1. The average molecular weight is 366 g/mol. The van der Waals surface area contributed by atoms with Crippen molar-refractivity contribution in [3.05, 3.63) is 65.5 Å². The SMILES string of the molecule is O=S(c1ccc([18F])cc1)C1CCN(CCc2ccc(F)cc2F)CC1. The van der Waals surface area contributed by atoms with Crippen molar-refractivity contribution in [2.45, 2.75) is 29.4 Å². The molecule has 1 aliphatic rings. The van der Waals surface area contributed by atoms with Gasteiger partial charge in [0, 0.05) is 22.8 Å². The van der Waals surface area contributed by atoms with Gasteiger partial charge in [0.05, 0.1) is 10.8 Å². The van der Waals surface area contributed by atoms with Crippen LogP contribution in [0.1, 0.15) is 18.4 Å². The summed E-state index contributed by atoms with van der Waals surface area (Å²) >= 11 is 0. The van der Waals surface area contributed by atoms with E-state index in [2.05, 4.69) is 4.90 Å². The Labute approximate surface area is 148 Å². The van der Waals surface area contributed by atoms with E-state index in [9.17, 15) is 17.4 Å². The summed E-state index contributed by atoms with van der Waals surface area (Å²) in [6, 6.07) is 9.49. The fourth-order valence-electron chi connectivity index (χ4n) is 3.11. The number of rotatable bonds is 5. The first-order chi connectivity index (χ1) is 12.0. The predicted molar refractivity (Wildman–Crippen MR) is 92.3 cm³/mol. The van der Waals surface area contributed by atoms with Gasteiger partial charge in [-0.25, -0.2) is 13.2 Å². The average Bonchev–Trinajstić information content (AvgIpc) is 2.61. The van der Waals surface area contributed by atoms with Crippen molar-refractivity contribution in [3.63, 3.8) is 0 Å². The van der Waals surface area contributed by atoms with E-state index in [1.54, 1.807) is 12.1 Å². The Balaban J connectivity index is 1.50. The van der Waals surface area contributed by atoms with Crippen molar-refractivity contribution in [2.75, 3.05) is 19.6 Å². The molecule has 0 radical (unpaired) electrons. The van der Waals surface area contributed by atoms with Crippen LogP contribution in [0.2, 0.25) is 0 Å². The van der Waals surface area contributed by atoms with Gasteiger partial charge in [-0.3, -0.25) is 4.21 Å². The van der Waals surface area contributed by atoms with Crippen LogP contribution in [0.15, 0.2) is 47.4 Å². The standard InChI is InChI=1S/C19H20F3NOS/c20-15-3-5-17(6-4-15)25(24)18-8-11-23(12-9-18)10-7-14-1-2-16(21)13-19(14)22/h1-6,13,18H,7-12H2/i20-1. The summed E-state index contributed by atoms with van der Waals surface area (Å²) in [7, 11) is -1.13. The Kier molecular flexibility index (Phi) is 5.91. The first-order valence-electron chi connectivity index (χ1n) is 8.35. The van der Waals surface area contributed by atoms with E-state index in [0.717, 1.165) is 32.0 Å². The number of halogens is 3. The second-order valence-corrected chi connectivity index (χ2v) is 8.01. The molecule has 1 saturated heterocycles. The van der Waals surface area contributed by atoms with Crippen LogP contribution in [0.3, 0.4) is 0 Å². The van der Waals surface area contributed by atoms with Crippen LogP contribution in [-0.2, 0) is 17.2 Å². The molecule has 2 nitrogen and oxygen atoms in total. The Hall–Kier alpha value is -1.66. The van der Waals surface area contributed by atoms with E-state index in [0.29, 0.717) is 23.4 Å². The van der Waals surface area contributed by atoms with Crippen LogP contribution in [0.25, 0.3) is 0 Å². The lowest BCUT2D eigenvalue weighted by Gasteiger charge is -2.31. The summed E-state index contributed by atoms with van der Waals surface area (Å²) in [5.41, 5.74) is 0.512. The van der Waals surface area contributed by atoms with Crippen molar-refractivity contribution in [3.8, 4) is 0 Å². The fraction of sp³-hybridized carbons (Fsp3) is 0.368. The van der Waals surface area contributed by atoms with Crippen molar-refractivity contribution in [2.24, 2.45) is 0 Å². The zero-order valence-electron chi connectivity index (χ0n) is 13.8. The molecule has 0 N–H and O–H groups in total. The molecule has 1 aliphatic heterocycles. The van der Waals surface area contributed by atoms with Gasteiger partial charge < -0.3 is 4.90 Å².